The van der Waals surface area contributed by atoms with E-state index in [1.807, 2.05) is 0 Å². The molecule has 10 heteroatoms. The molecule has 2 rings (SSSR count). The number of hydrogen-bond acceptors (Lipinski definition) is 6. The molecular weight excluding hydrogens is 434 g/mol. The Balaban J connectivity index is 2.21. The number of ether oxygens (including phenoxy) is 2. The molecule has 0 heterocycles. The van der Waals surface area contributed by atoms with Gasteiger partial charge in [-0.1, -0.05) is 18.2 Å². The van der Waals surface area contributed by atoms with Gasteiger partial charge in [-0.25, -0.2) is 13.2 Å². The molecule has 0 bridgehead atoms. The maximum absolute atomic E-state index is 12.7. The van der Waals surface area contributed by atoms with Crippen LogP contribution in [0.5, 0.6) is 5.75 Å². The first-order chi connectivity index (χ1) is 14.8. The van der Waals surface area contributed by atoms with Gasteiger partial charge in [0, 0.05) is 5.69 Å². The van der Waals surface area contributed by atoms with Gasteiger partial charge < -0.3 is 14.8 Å². The molecule has 0 radical (unpaired) electrons. The lowest BCUT2D eigenvalue weighted by Crippen LogP contribution is -2.37. The van der Waals surface area contributed by atoms with Gasteiger partial charge in [0.15, 0.2) is 0 Å². The topological polar surface area (TPSA) is 114 Å². The summed E-state index contributed by atoms with van der Waals surface area (Å²) in [6, 6.07) is 11.5. The molecule has 0 aromatic heterocycles. The Morgan fingerprint density at radius 2 is 1.72 bits per heavy atom. The third kappa shape index (κ3) is 7.16. The molecule has 0 aliphatic rings. The molecule has 0 saturated heterocycles. The zero-order valence-electron chi connectivity index (χ0n) is 19.1. The van der Waals surface area contributed by atoms with Gasteiger partial charge in [0.1, 0.15) is 17.9 Å². The summed E-state index contributed by atoms with van der Waals surface area (Å²) >= 11 is 0. The molecule has 0 aliphatic heterocycles. The first-order valence-corrected chi connectivity index (χ1v) is 11.7. The van der Waals surface area contributed by atoms with E-state index >= 15 is 0 Å². The Morgan fingerprint density at radius 1 is 1.06 bits per heavy atom. The molecule has 9 nitrogen and oxygen atoms in total. The smallest absolute Gasteiger partial charge is 0.412 e. The number of anilines is 3. The van der Waals surface area contributed by atoms with Crippen LogP contribution >= 0.6 is 0 Å². The molecule has 2 aromatic carbocycles. The summed E-state index contributed by atoms with van der Waals surface area (Å²) < 4.78 is 36.2. The van der Waals surface area contributed by atoms with Crippen LogP contribution in [0.4, 0.5) is 21.9 Å². The molecule has 32 heavy (non-hydrogen) atoms. The van der Waals surface area contributed by atoms with Crippen molar-refractivity contribution in [3.63, 3.8) is 0 Å². The number of para-hydroxylation sites is 1. The second-order valence-electron chi connectivity index (χ2n) is 8.15. The Morgan fingerprint density at radius 3 is 2.28 bits per heavy atom. The van der Waals surface area contributed by atoms with E-state index in [1.54, 1.807) is 64.1 Å². The van der Waals surface area contributed by atoms with Gasteiger partial charge in [-0.3, -0.25) is 14.4 Å². The average Bonchev–Trinajstić information content (AvgIpc) is 2.64. The minimum absolute atomic E-state index is 0.290. The van der Waals surface area contributed by atoms with Crippen molar-refractivity contribution >= 4 is 39.1 Å². The molecule has 0 atom stereocenters. The van der Waals surface area contributed by atoms with E-state index in [0.29, 0.717) is 22.8 Å². The zero-order valence-corrected chi connectivity index (χ0v) is 19.9. The minimum Gasteiger partial charge on any atom is -0.495 e. The number of methoxy groups -OCH3 is 1. The molecule has 0 spiro atoms. The number of hydrogen-bond donors (Lipinski definition) is 2. The molecule has 0 fully saturated rings. The fourth-order valence-corrected chi connectivity index (χ4v) is 3.77. The maximum Gasteiger partial charge on any atom is 0.412 e. The number of benzene rings is 2. The number of carbonyl (C=O) groups is 2. The lowest BCUT2D eigenvalue weighted by Gasteiger charge is -2.23. The van der Waals surface area contributed by atoms with E-state index in [1.165, 1.54) is 13.2 Å². The molecule has 0 saturated carbocycles. The molecule has 2 N–H and O–H groups in total. The average molecular weight is 464 g/mol. The fourth-order valence-electron chi connectivity index (χ4n) is 2.85. The van der Waals surface area contributed by atoms with E-state index in [0.717, 1.165) is 16.1 Å². The van der Waals surface area contributed by atoms with Gasteiger partial charge in [0.2, 0.25) is 15.9 Å². The van der Waals surface area contributed by atoms with E-state index in [4.69, 9.17) is 9.47 Å². The molecule has 174 valence electrons. The van der Waals surface area contributed by atoms with Gasteiger partial charge in [0.05, 0.1) is 24.7 Å². The van der Waals surface area contributed by atoms with E-state index in [2.05, 4.69) is 10.6 Å². The van der Waals surface area contributed by atoms with Crippen LogP contribution < -0.4 is 19.7 Å². The van der Waals surface area contributed by atoms with Crippen molar-refractivity contribution in [2.45, 2.75) is 33.3 Å². The van der Waals surface area contributed by atoms with Gasteiger partial charge in [-0.05, 0) is 57.5 Å². The minimum atomic E-state index is -3.70. The van der Waals surface area contributed by atoms with Crippen LogP contribution in [0.25, 0.3) is 0 Å². The second-order valence-corrected chi connectivity index (χ2v) is 10.1. The van der Waals surface area contributed by atoms with Crippen molar-refractivity contribution in [3.05, 3.63) is 48.0 Å². The summed E-state index contributed by atoms with van der Waals surface area (Å²) in [4.78, 5) is 24.8. The third-order valence-corrected chi connectivity index (χ3v) is 5.32. The van der Waals surface area contributed by atoms with Gasteiger partial charge >= 0.3 is 6.09 Å². The van der Waals surface area contributed by atoms with Gasteiger partial charge in [0.25, 0.3) is 0 Å². The lowest BCUT2D eigenvalue weighted by molar-refractivity contribution is -0.114. The number of sulfonamides is 1. The van der Waals surface area contributed by atoms with E-state index in [9.17, 15) is 18.0 Å². The standard InChI is InChI=1S/C22H29N3O6S/c1-15-9-7-8-10-18(15)25(32(6,28)29)14-20(26)23-16-11-12-19(30-5)17(13-16)24-21(27)31-22(2,3)4/h7-13H,14H2,1-6H3,(H,23,26)(H,24,27). The highest BCUT2D eigenvalue weighted by Gasteiger charge is 2.23. The Labute approximate surface area is 188 Å². The lowest BCUT2D eigenvalue weighted by atomic mass is 10.2. The Kier molecular flexibility index (Phi) is 7.73. The van der Waals surface area contributed by atoms with Gasteiger partial charge in [-0.2, -0.15) is 0 Å². The zero-order chi connectivity index (χ0) is 24.1. The molecular formula is C22H29N3O6S. The highest BCUT2D eigenvalue weighted by Crippen LogP contribution is 2.29. The van der Waals surface area contributed by atoms with Crippen molar-refractivity contribution in [2.24, 2.45) is 0 Å². The SMILES string of the molecule is COc1ccc(NC(=O)CN(c2ccccc2C)S(C)(=O)=O)cc1NC(=O)OC(C)(C)C. The molecule has 2 aromatic rings. The number of amides is 2. The van der Waals surface area contributed by atoms with Crippen molar-refractivity contribution in [2.75, 3.05) is 34.8 Å². The van der Waals surface area contributed by atoms with Crippen LogP contribution in [0.15, 0.2) is 42.5 Å². The number of carbonyl (C=O) groups excluding carboxylic acids is 2. The van der Waals surface area contributed by atoms with Crippen LogP contribution in [0.3, 0.4) is 0 Å². The maximum atomic E-state index is 12.7. The highest BCUT2D eigenvalue weighted by molar-refractivity contribution is 7.92. The summed E-state index contributed by atoms with van der Waals surface area (Å²) in [6.07, 6.45) is 0.366. The monoisotopic (exact) mass is 463 g/mol. The van der Waals surface area contributed by atoms with Crippen LogP contribution in [0, 0.1) is 6.92 Å². The summed E-state index contributed by atoms with van der Waals surface area (Å²) in [5.74, 6) is -0.182. The van der Waals surface area contributed by atoms with Crippen LogP contribution in [0.1, 0.15) is 26.3 Å². The van der Waals surface area contributed by atoms with Crippen molar-refractivity contribution in [3.8, 4) is 5.75 Å². The fraction of sp³-hybridized carbons (Fsp3) is 0.364. The highest BCUT2D eigenvalue weighted by atomic mass is 32.2. The number of nitrogens with zero attached hydrogens (tertiary/aromatic N) is 1. The van der Waals surface area contributed by atoms with E-state index < -0.39 is 34.2 Å². The largest absolute Gasteiger partial charge is 0.495 e. The number of rotatable bonds is 7. The third-order valence-electron chi connectivity index (χ3n) is 4.19. The molecule has 2 amide bonds. The van der Waals surface area contributed by atoms with Crippen molar-refractivity contribution in [1.29, 1.82) is 0 Å². The van der Waals surface area contributed by atoms with Crippen LogP contribution in [-0.2, 0) is 19.6 Å². The summed E-state index contributed by atoms with van der Waals surface area (Å²) in [5.41, 5.74) is 1.10. The Hall–Kier alpha value is -3.27. The first-order valence-electron chi connectivity index (χ1n) is 9.81. The van der Waals surface area contributed by atoms with Crippen LogP contribution in [-0.4, -0.2) is 45.9 Å². The van der Waals surface area contributed by atoms with Gasteiger partial charge in [-0.15, -0.1) is 0 Å². The normalized spacial score (nSPS) is 11.4. The van der Waals surface area contributed by atoms with Crippen molar-refractivity contribution < 1.29 is 27.5 Å². The Bertz CT molecular complexity index is 1090. The number of nitrogens with one attached hydrogen (secondary N) is 2. The van der Waals surface area contributed by atoms with Crippen molar-refractivity contribution in [1.82, 2.24) is 0 Å². The molecule has 0 unspecified atom stereocenters. The predicted octanol–water partition coefficient (Wildman–Crippen LogP) is 3.76. The summed E-state index contributed by atoms with van der Waals surface area (Å²) in [6.45, 7) is 6.57. The second kappa shape index (κ2) is 9.90. The summed E-state index contributed by atoms with van der Waals surface area (Å²) in [5, 5.41) is 5.24. The van der Waals surface area contributed by atoms with E-state index in [-0.39, 0.29) is 0 Å². The first kappa shape index (κ1) is 25.0. The summed E-state index contributed by atoms with van der Waals surface area (Å²) in [7, 11) is -2.26. The quantitative estimate of drug-likeness (QED) is 0.646. The number of aryl methyl sites for hydroxylation is 1. The predicted molar refractivity (Wildman–Crippen MR) is 125 cm³/mol. The van der Waals surface area contributed by atoms with Crippen LogP contribution in [0.2, 0.25) is 0 Å². The molecule has 0 aliphatic carbocycles.